The first kappa shape index (κ1) is 13.6. The minimum Gasteiger partial charge on any atom is -0.369 e. The second-order valence-corrected chi connectivity index (χ2v) is 5.92. The van der Waals surface area contributed by atoms with Crippen LogP contribution in [0.5, 0.6) is 0 Å². The van der Waals surface area contributed by atoms with Crippen LogP contribution in [0.25, 0.3) is 11.0 Å². The molecule has 2 heterocycles. The number of nitrogens with zero attached hydrogens (tertiary/aromatic N) is 2. The summed E-state index contributed by atoms with van der Waals surface area (Å²) in [6, 6.07) is 8.23. The summed E-state index contributed by atoms with van der Waals surface area (Å²) >= 11 is 0. The molecule has 0 aliphatic carbocycles. The van der Waals surface area contributed by atoms with Crippen molar-refractivity contribution in [1.29, 1.82) is 0 Å². The second-order valence-electron chi connectivity index (χ2n) is 5.92. The lowest BCUT2D eigenvalue weighted by Gasteiger charge is -2.27. The molecule has 4 heteroatoms. The first-order chi connectivity index (χ1) is 9.63. The molecule has 1 aliphatic heterocycles. The molecule has 2 unspecified atom stereocenters. The van der Waals surface area contributed by atoms with E-state index in [1.807, 2.05) is 12.1 Å². The fourth-order valence-corrected chi connectivity index (χ4v) is 2.83. The Kier molecular flexibility index (Phi) is 3.52. The summed E-state index contributed by atoms with van der Waals surface area (Å²) in [5.41, 5.74) is 2.38. The third-order valence-corrected chi connectivity index (χ3v) is 4.58. The fourth-order valence-electron chi connectivity index (χ4n) is 2.83. The molecule has 1 saturated heterocycles. The Morgan fingerprint density at radius 3 is 3.00 bits per heavy atom. The van der Waals surface area contributed by atoms with Gasteiger partial charge in [-0.1, -0.05) is 19.1 Å². The number of para-hydroxylation sites is 2. The largest absolute Gasteiger partial charge is 0.369 e. The molecule has 108 valence electrons. The van der Waals surface area contributed by atoms with Crippen LogP contribution in [0.3, 0.4) is 0 Å². The highest BCUT2D eigenvalue weighted by molar-refractivity contribution is 5.75. The van der Waals surface area contributed by atoms with Crippen molar-refractivity contribution in [2.45, 2.75) is 38.3 Å². The van der Waals surface area contributed by atoms with Gasteiger partial charge in [-0.3, -0.25) is 0 Å². The van der Waals surface area contributed by atoms with Crippen molar-refractivity contribution in [2.75, 3.05) is 13.2 Å². The number of nitrogens with one attached hydrogen (secondary N) is 1. The van der Waals surface area contributed by atoms with Crippen molar-refractivity contribution < 1.29 is 4.74 Å². The van der Waals surface area contributed by atoms with Gasteiger partial charge in [0.25, 0.3) is 0 Å². The normalized spacial score (nSPS) is 27.6. The van der Waals surface area contributed by atoms with Gasteiger partial charge in [0.15, 0.2) is 0 Å². The van der Waals surface area contributed by atoms with E-state index < -0.39 is 0 Å². The molecule has 0 bridgehead atoms. The Morgan fingerprint density at radius 1 is 1.45 bits per heavy atom. The predicted octanol–water partition coefficient (Wildman–Crippen LogP) is 2.79. The lowest BCUT2D eigenvalue weighted by atomic mass is 9.95. The van der Waals surface area contributed by atoms with Crippen molar-refractivity contribution in [3.8, 4) is 0 Å². The number of fused-ring (bicyclic) bond motifs is 1. The molecule has 1 aromatic heterocycles. The number of aromatic nitrogens is 2. The van der Waals surface area contributed by atoms with E-state index in [9.17, 15) is 0 Å². The van der Waals surface area contributed by atoms with Gasteiger partial charge in [0.05, 0.1) is 11.0 Å². The van der Waals surface area contributed by atoms with Gasteiger partial charge >= 0.3 is 0 Å². The molecule has 20 heavy (non-hydrogen) atoms. The number of hydrogen-bond acceptors (Lipinski definition) is 3. The smallest absolute Gasteiger partial charge is 0.140 e. The summed E-state index contributed by atoms with van der Waals surface area (Å²) < 4.78 is 8.20. The quantitative estimate of drug-likeness (QED) is 0.914. The highest BCUT2D eigenvalue weighted by atomic mass is 16.5. The topological polar surface area (TPSA) is 39.1 Å². The number of ether oxygens (including phenoxy) is 1. The van der Waals surface area contributed by atoms with Crippen LogP contribution >= 0.6 is 0 Å². The molecule has 0 radical (unpaired) electrons. The number of hydrogen-bond donors (Lipinski definition) is 1. The van der Waals surface area contributed by atoms with E-state index in [-0.39, 0.29) is 11.6 Å². The van der Waals surface area contributed by atoms with Crippen LogP contribution in [0.15, 0.2) is 24.3 Å². The van der Waals surface area contributed by atoms with E-state index in [1.165, 1.54) is 0 Å². The molecule has 4 nitrogen and oxygen atoms in total. The van der Waals surface area contributed by atoms with Gasteiger partial charge in [-0.05, 0) is 31.9 Å². The lowest BCUT2D eigenvalue weighted by molar-refractivity contribution is 0.0578. The highest BCUT2D eigenvalue weighted by Gasteiger charge is 2.29. The first-order valence-corrected chi connectivity index (χ1v) is 7.41. The van der Waals surface area contributed by atoms with Crippen LogP contribution in [0.2, 0.25) is 0 Å². The van der Waals surface area contributed by atoms with E-state index in [0.717, 1.165) is 42.9 Å². The zero-order valence-corrected chi connectivity index (χ0v) is 12.5. The third kappa shape index (κ3) is 2.34. The van der Waals surface area contributed by atoms with Crippen LogP contribution in [0, 0.1) is 0 Å². The molecular weight excluding hydrogens is 250 g/mol. The third-order valence-electron chi connectivity index (χ3n) is 4.58. The van der Waals surface area contributed by atoms with Crippen LogP contribution in [-0.4, -0.2) is 28.2 Å². The maximum absolute atomic E-state index is 6.05. The van der Waals surface area contributed by atoms with Crippen molar-refractivity contribution in [3.63, 3.8) is 0 Å². The molecular formula is C16H23N3O. The Balaban J connectivity index is 1.89. The molecule has 1 N–H and O–H groups in total. The summed E-state index contributed by atoms with van der Waals surface area (Å²) in [6.07, 6.45) is 2.19. The summed E-state index contributed by atoms with van der Waals surface area (Å²) in [6.45, 7) is 6.10. The average molecular weight is 273 g/mol. The van der Waals surface area contributed by atoms with Gasteiger partial charge < -0.3 is 14.6 Å². The summed E-state index contributed by atoms with van der Waals surface area (Å²) in [4.78, 5) is 4.75. The summed E-state index contributed by atoms with van der Waals surface area (Å²) in [7, 11) is 2.07. The SMILES string of the molecule is CCC1(C)CCOC(c2nc3ccccc3n2C)CN1. The summed E-state index contributed by atoms with van der Waals surface area (Å²) in [5, 5.41) is 3.65. The minimum absolute atomic E-state index is 0.0285. The lowest BCUT2D eigenvalue weighted by Crippen LogP contribution is -2.42. The standard InChI is InChI=1S/C16H23N3O/c1-4-16(2)9-10-20-14(11-17-16)15-18-12-7-5-6-8-13(12)19(15)3/h5-8,14,17H,4,9-11H2,1-3H3. The zero-order valence-electron chi connectivity index (χ0n) is 12.5. The molecule has 0 amide bonds. The van der Waals surface area contributed by atoms with Crippen LogP contribution in [-0.2, 0) is 11.8 Å². The van der Waals surface area contributed by atoms with E-state index in [2.05, 4.69) is 42.9 Å². The van der Waals surface area contributed by atoms with E-state index >= 15 is 0 Å². The van der Waals surface area contributed by atoms with Gasteiger partial charge in [0.1, 0.15) is 11.9 Å². The van der Waals surface area contributed by atoms with E-state index in [4.69, 9.17) is 9.72 Å². The first-order valence-electron chi connectivity index (χ1n) is 7.41. The molecule has 0 saturated carbocycles. The second kappa shape index (κ2) is 5.19. The molecule has 3 rings (SSSR count). The predicted molar refractivity (Wildman–Crippen MR) is 80.7 cm³/mol. The zero-order chi connectivity index (χ0) is 14.2. The van der Waals surface area contributed by atoms with Crippen molar-refractivity contribution in [1.82, 2.24) is 14.9 Å². The maximum atomic E-state index is 6.05. The maximum Gasteiger partial charge on any atom is 0.140 e. The molecule has 1 aliphatic rings. The fraction of sp³-hybridized carbons (Fsp3) is 0.562. The number of rotatable bonds is 2. The van der Waals surface area contributed by atoms with Crippen LogP contribution in [0.4, 0.5) is 0 Å². The molecule has 2 aromatic rings. The highest BCUT2D eigenvalue weighted by Crippen LogP contribution is 2.26. The van der Waals surface area contributed by atoms with Crippen molar-refractivity contribution in [2.24, 2.45) is 7.05 Å². The van der Waals surface area contributed by atoms with Gasteiger partial charge in [-0.15, -0.1) is 0 Å². The molecule has 1 fully saturated rings. The van der Waals surface area contributed by atoms with E-state index in [1.54, 1.807) is 0 Å². The molecule has 2 atom stereocenters. The Labute approximate surface area is 120 Å². The molecule has 1 aromatic carbocycles. The minimum atomic E-state index is 0.0285. The van der Waals surface area contributed by atoms with Crippen molar-refractivity contribution in [3.05, 3.63) is 30.1 Å². The van der Waals surface area contributed by atoms with E-state index in [0.29, 0.717) is 0 Å². The van der Waals surface area contributed by atoms with Gasteiger partial charge in [0, 0.05) is 25.7 Å². The number of imidazole rings is 1. The van der Waals surface area contributed by atoms with Gasteiger partial charge in [-0.25, -0.2) is 4.98 Å². The van der Waals surface area contributed by atoms with Crippen LogP contribution < -0.4 is 5.32 Å². The monoisotopic (exact) mass is 273 g/mol. The van der Waals surface area contributed by atoms with Crippen molar-refractivity contribution >= 4 is 11.0 Å². The van der Waals surface area contributed by atoms with Gasteiger partial charge in [-0.2, -0.15) is 0 Å². The number of aryl methyl sites for hydroxylation is 1. The number of benzene rings is 1. The Hall–Kier alpha value is -1.39. The van der Waals surface area contributed by atoms with Crippen LogP contribution in [0.1, 0.15) is 38.6 Å². The Bertz CT molecular complexity index is 607. The van der Waals surface area contributed by atoms with Gasteiger partial charge in [0.2, 0.25) is 0 Å². The Morgan fingerprint density at radius 2 is 2.25 bits per heavy atom. The summed E-state index contributed by atoms with van der Waals surface area (Å²) in [5.74, 6) is 1.01. The molecule has 0 spiro atoms. The average Bonchev–Trinajstić information content (AvgIpc) is 2.67.